The second kappa shape index (κ2) is 9.65. The fourth-order valence-corrected chi connectivity index (χ4v) is 3.52. The standard InChI is InChI=1S/C17H23N3O3S2/c1-22-14-5-4-11(8-15(14)23-2)9-19-16(21)13-10-25-17(20-13)12(18)6-7-24-3/h4-5,8,10,12H,6-7,9,18H2,1-3H3,(H,19,21). The molecule has 3 N–H and O–H groups in total. The topological polar surface area (TPSA) is 86.5 Å². The van der Waals surface area contributed by atoms with Crippen LogP contribution in [-0.2, 0) is 6.54 Å². The van der Waals surface area contributed by atoms with Crippen molar-refractivity contribution in [1.82, 2.24) is 10.3 Å². The molecule has 1 unspecified atom stereocenters. The third-order valence-electron chi connectivity index (χ3n) is 3.61. The van der Waals surface area contributed by atoms with Crippen LogP contribution in [0, 0.1) is 0 Å². The van der Waals surface area contributed by atoms with Gasteiger partial charge in [-0.3, -0.25) is 4.79 Å². The van der Waals surface area contributed by atoms with Crippen molar-refractivity contribution < 1.29 is 14.3 Å². The van der Waals surface area contributed by atoms with Crippen molar-refractivity contribution in [3.05, 3.63) is 39.8 Å². The average molecular weight is 382 g/mol. The zero-order valence-electron chi connectivity index (χ0n) is 14.6. The highest BCUT2D eigenvalue weighted by Crippen LogP contribution is 2.27. The molecule has 0 radical (unpaired) electrons. The molecule has 8 heteroatoms. The quantitative estimate of drug-likeness (QED) is 0.695. The van der Waals surface area contributed by atoms with Crippen molar-refractivity contribution in [3.63, 3.8) is 0 Å². The predicted octanol–water partition coefficient (Wildman–Crippen LogP) is 2.84. The number of hydrogen-bond donors (Lipinski definition) is 2. The Morgan fingerprint density at radius 1 is 1.36 bits per heavy atom. The molecule has 2 rings (SSSR count). The Hall–Kier alpha value is -1.77. The van der Waals surface area contributed by atoms with Crippen molar-refractivity contribution in [2.45, 2.75) is 19.0 Å². The first-order valence-corrected chi connectivity index (χ1v) is 10.1. The lowest BCUT2D eigenvalue weighted by atomic mass is 10.2. The molecule has 136 valence electrons. The maximum absolute atomic E-state index is 12.3. The van der Waals surface area contributed by atoms with E-state index in [9.17, 15) is 4.79 Å². The number of benzene rings is 1. The lowest BCUT2D eigenvalue weighted by Gasteiger charge is -2.10. The highest BCUT2D eigenvalue weighted by molar-refractivity contribution is 7.98. The van der Waals surface area contributed by atoms with Crippen LogP contribution in [-0.4, -0.2) is 37.1 Å². The highest BCUT2D eigenvalue weighted by Gasteiger charge is 2.15. The van der Waals surface area contributed by atoms with E-state index in [-0.39, 0.29) is 11.9 Å². The SMILES string of the molecule is COc1ccc(CNC(=O)c2csc(C(N)CCSC)n2)cc1OC. The smallest absolute Gasteiger partial charge is 0.271 e. The maximum atomic E-state index is 12.3. The summed E-state index contributed by atoms with van der Waals surface area (Å²) in [6, 6.07) is 5.41. The number of amides is 1. The van der Waals surface area contributed by atoms with Crippen molar-refractivity contribution in [3.8, 4) is 11.5 Å². The first-order valence-electron chi connectivity index (χ1n) is 7.78. The summed E-state index contributed by atoms with van der Waals surface area (Å²) in [5, 5.41) is 5.41. The number of hydrogen-bond acceptors (Lipinski definition) is 7. The molecule has 6 nitrogen and oxygen atoms in total. The van der Waals surface area contributed by atoms with Crippen LogP contribution >= 0.6 is 23.1 Å². The normalized spacial score (nSPS) is 11.8. The molecule has 0 aliphatic heterocycles. The van der Waals surface area contributed by atoms with E-state index in [0.29, 0.717) is 23.7 Å². The lowest BCUT2D eigenvalue weighted by molar-refractivity contribution is 0.0946. The van der Waals surface area contributed by atoms with Crippen molar-refractivity contribution in [2.24, 2.45) is 5.73 Å². The number of aromatic nitrogens is 1. The fraction of sp³-hybridized carbons (Fsp3) is 0.412. The number of thiazole rings is 1. The second-order valence-electron chi connectivity index (χ2n) is 5.33. The Labute approximate surface area is 156 Å². The number of nitrogens with zero attached hydrogens (tertiary/aromatic N) is 1. The number of nitrogens with one attached hydrogen (secondary N) is 1. The largest absolute Gasteiger partial charge is 0.493 e. The van der Waals surface area contributed by atoms with E-state index < -0.39 is 0 Å². The van der Waals surface area contributed by atoms with Crippen LogP contribution in [0.3, 0.4) is 0 Å². The molecule has 0 saturated carbocycles. The van der Waals surface area contributed by atoms with E-state index in [2.05, 4.69) is 10.3 Å². The molecule has 0 saturated heterocycles. The van der Waals surface area contributed by atoms with Crippen LogP contribution in [0.5, 0.6) is 11.5 Å². The number of nitrogens with two attached hydrogens (primary N) is 1. The molecule has 1 aromatic heterocycles. The van der Waals surface area contributed by atoms with Crippen LogP contribution in [0.15, 0.2) is 23.6 Å². The van der Waals surface area contributed by atoms with Gasteiger partial charge in [-0.2, -0.15) is 11.8 Å². The molecule has 1 heterocycles. The molecule has 0 aliphatic carbocycles. The van der Waals surface area contributed by atoms with Gasteiger partial charge in [0.25, 0.3) is 5.91 Å². The lowest BCUT2D eigenvalue weighted by Crippen LogP contribution is -2.23. The third kappa shape index (κ3) is 5.35. The summed E-state index contributed by atoms with van der Waals surface area (Å²) in [5.74, 6) is 2.04. The first kappa shape index (κ1) is 19.6. The van der Waals surface area contributed by atoms with E-state index in [4.69, 9.17) is 15.2 Å². The summed E-state index contributed by atoms with van der Waals surface area (Å²) in [4.78, 5) is 16.6. The molecule has 0 aliphatic rings. The van der Waals surface area contributed by atoms with Gasteiger partial charge in [0, 0.05) is 11.9 Å². The summed E-state index contributed by atoms with van der Waals surface area (Å²) >= 11 is 3.17. The van der Waals surface area contributed by atoms with E-state index in [1.165, 1.54) is 11.3 Å². The average Bonchev–Trinajstić information content (AvgIpc) is 3.14. The van der Waals surface area contributed by atoms with Gasteiger partial charge in [0.15, 0.2) is 11.5 Å². The van der Waals surface area contributed by atoms with Gasteiger partial charge in [-0.1, -0.05) is 6.07 Å². The molecular formula is C17H23N3O3S2. The third-order valence-corrected chi connectivity index (χ3v) is 5.23. The van der Waals surface area contributed by atoms with Gasteiger partial charge in [0.2, 0.25) is 0 Å². The summed E-state index contributed by atoms with van der Waals surface area (Å²) in [5.41, 5.74) is 7.41. The van der Waals surface area contributed by atoms with Gasteiger partial charge in [0.05, 0.1) is 20.3 Å². The van der Waals surface area contributed by atoms with Crippen molar-refractivity contribution >= 4 is 29.0 Å². The zero-order valence-corrected chi connectivity index (χ0v) is 16.2. The molecule has 25 heavy (non-hydrogen) atoms. The molecule has 2 aromatic rings. The Bertz CT molecular complexity index is 706. The molecule has 0 bridgehead atoms. The molecule has 0 fully saturated rings. The first-order chi connectivity index (χ1) is 12.1. The van der Waals surface area contributed by atoms with Crippen LogP contribution in [0.1, 0.15) is 33.5 Å². The van der Waals surface area contributed by atoms with Crippen molar-refractivity contribution in [2.75, 3.05) is 26.2 Å². The van der Waals surface area contributed by atoms with Crippen molar-refractivity contribution in [1.29, 1.82) is 0 Å². The number of rotatable bonds is 9. The summed E-state index contributed by atoms with van der Waals surface area (Å²) in [7, 11) is 3.17. The molecule has 1 atom stereocenters. The highest BCUT2D eigenvalue weighted by atomic mass is 32.2. The number of thioether (sulfide) groups is 1. The molecule has 1 amide bonds. The molecule has 0 spiro atoms. The second-order valence-corrected chi connectivity index (χ2v) is 7.21. The summed E-state index contributed by atoms with van der Waals surface area (Å²) in [6.45, 7) is 0.380. The van der Waals surface area contributed by atoms with Crippen LogP contribution in [0.4, 0.5) is 0 Å². The van der Waals surface area contributed by atoms with E-state index in [1.54, 1.807) is 31.4 Å². The Balaban J connectivity index is 1.95. The minimum absolute atomic E-state index is 0.121. The van der Waals surface area contributed by atoms with Crippen LogP contribution in [0.2, 0.25) is 0 Å². The monoisotopic (exact) mass is 381 g/mol. The van der Waals surface area contributed by atoms with Crippen LogP contribution in [0.25, 0.3) is 0 Å². The molecule has 1 aromatic carbocycles. The van der Waals surface area contributed by atoms with Gasteiger partial charge in [-0.15, -0.1) is 11.3 Å². The van der Waals surface area contributed by atoms with Gasteiger partial charge in [-0.25, -0.2) is 4.98 Å². The predicted molar refractivity (Wildman–Crippen MR) is 103 cm³/mol. The van der Waals surface area contributed by atoms with Gasteiger partial charge in [-0.05, 0) is 36.1 Å². The van der Waals surface area contributed by atoms with E-state index >= 15 is 0 Å². The number of carbonyl (C=O) groups is 1. The Morgan fingerprint density at radius 2 is 2.12 bits per heavy atom. The van der Waals surface area contributed by atoms with E-state index in [1.807, 2.05) is 24.5 Å². The summed E-state index contributed by atoms with van der Waals surface area (Å²) < 4.78 is 10.5. The number of methoxy groups -OCH3 is 2. The van der Waals surface area contributed by atoms with Gasteiger partial charge >= 0.3 is 0 Å². The zero-order chi connectivity index (χ0) is 18.2. The Kier molecular flexibility index (Phi) is 7.54. The number of carbonyl (C=O) groups excluding carboxylic acids is 1. The fourth-order valence-electron chi connectivity index (χ4n) is 2.19. The van der Waals surface area contributed by atoms with Crippen LogP contribution < -0.4 is 20.5 Å². The summed E-state index contributed by atoms with van der Waals surface area (Å²) in [6.07, 6.45) is 2.89. The molecular weight excluding hydrogens is 358 g/mol. The van der Waals surface area contributed by atoms with Gasteiger partial charge in [0.1, 0.15) is 10.7 Å². The maximum Gasteiger partial charge on any atom is 0.271 e. The van der Waals surface area contributed by atoms with E-state index in [0.717, 1.165) is 22.7 Å². The van der Waals surface area contributed by atoms with Gasteiger partial charge < -0.3 is 20.5 Å². The number of ether oxygens (including phenoxy) is 2. The minimum atomic E-state index is -0.214. The minimum Gasteiger partial charge on any atom is -0.493 e. The Morgan fingerprint density at radius 3 is 2.80 bits per heavy atom.